The van der Waals surface area contributed by atoms with E-state index in [1.165, 1.54) is 0 Å². The summed E-state index contributed by atoms with van der Waals surface area (Å²) in [6, 6.07) is 0. The molecular formula is C2H6GeO2. The zero-order valence-corrected chi connectivity index (χ0v) is 7.26. The van der Waals surface area contributed by atoms with Gasteiger partial charge in [-0.15, -0.1) is 0 Å². The molecule has 2 nitrogen and oxygen atoms in total. The zero-order chi connectivity index (χ0) is 4.28. The number of carboxylic acids is 1. The number of hydrogen-bond acceptors (Lipinski definition) is 1. The molecule has 0 saturated heterocycles. The molecule has 0 saturated carbocycles. The molecule has 0 aliphatic rings. The fourth-order valence-electron chi connectivity index (χ4n) is 0. The summed E-state index contributed by atoms with van der Waals surface area (Å²) in [6.45, 7) is 0. The van der Waals surface area contributed by atoms with Gasteiger partial charge >= 0.3 is 37.6 Å². The minimum atomic E-state index is -0.662. The van der Waals surface area contributed by atoms with Crippen molar-refractivity contribution in [3.63, 3.8) is 0 Å². The molecule has 3 heteroatoms. The van der Waals surface area contributed by atoms with Crippen LogP contribution in [0.1, 0.15) is 0 Å². The molecular weight excluding hydrogens is 129 g/mol. The molecule has 30 valence electrons. The van der Waals surface area contributed by atoms with Crippen LogP contribution < -0.4 is 0 Å². The molecule has 0 bridgehead atoms. The fourth-order valence-corrected chi connectivity index (χ4v) is 0. The van der Waals surface area contributed by atoms with Crippen LogP contribution in [0.4, 0.5) is 0 Å². The van der Waals surface area contributed by atoms with E-state index in [9.17, 15) is 4.79 Å². The van der Waals surface area contributed by atoms with Crippen LogP contribution in [0.5, 0.6) is 0 Å². The van der Waals surface area contributed by atoms with Gasteiger partial charge in [-0.3, -0.25) is 0 Å². The first-order chi connectivity index (χ1) is 2.27. The van der Waals surface area contributed by atoms with E-state index in [0.717, 1.165) is 0 Å². The Bertz CT molecular complexity index is 42.9. The molecule has 0 unspecified atom stereocenters. The second-order valence-corrected chi connectivity index (χ2v) is 2.23. The Kier molecular flexibility index (Phi) is 2.27. The van der Waals surface area contributed by atoms with Crippen LogP contribution in [-0.2, 0) is 4.79 Å². The van der Waals surface area contributed by atoms with E-state index in [0.29, 0.717) is 21.8 Å². The number of rotatable bonds is 1. The van der Waals surface area contributed by atoms with Gasteiger partial charge in [0.25, 0.3) is 0 Å². The Morgan fingerprint density at radius 3 is 2.20 bits per heavy atom. The first-order valence-corrected chi connectivity index (χ1v) is 4.46. The first-order valence-electron chi connectivity index (χ1n) is 1.49. The van der Waals surface area contributed by atoms with Gasteiger partial charge in [-0.1, -0.05) is 0 Å². The summed E-state index contributed by atoms with van der Waals surface area (Å²) in [4.78, 5) is 9.41. The van der Waals surface area contributed by atoms with Crippen molar-refractivity contribution >= 4 is 22.5 Å². The van der Waals surface area contributed by atoms with Gasteiger partial charge in [0, 0.05) is 0 Å². The van der Waals surface area contributed by atoms with Crippen molar-refractivity contribution in [2.45, 2.75) is 5.25 Å². The third-order valence-electron chi connectivity index (χ3n) is 0.302. The van der Waals surface area contributed by atoms with Crippen molar-refractivity contribution in [3.8, 4) is 0 Å². The van der Waals surface area contributed by atoms with Crippen LogP contribution in [-0.4, -0.2) is 27.6 Å². The SMILES string of the molecule is O=C(O)[CH2][GeH3]. The van der Waals surface area contributed by atoms with Crippen molar-refractivity contribution < 1.29 is 9.90 Å². The molecule has 1 N–H and O–H groups in total. The second-order valence-electron chi connectivity index (χ2n) is 0.747. The monoisotopic (exact) mass is 136 g/mol. The van der Waals surface area contributed by atoms with Crippen molar-refractivity contribution in [1.82, 2.24) is 0 Å². The molecule has 5 heavy (non-hydrogen) atoms. The van der Waals surface area contributed by atoms with Crippen LogP contribution in [0.2, 0.25) is 5.25 Å². The van der Waals surface area contributed by atoms with Crippen LogP contribution >= 0.6 is 0 Å². The van der Waals surface area contributed by atoms with Crippen LogP contribution in [0.25, 0.3) is 0 Å². The van der Waals surface area contributed by atoms with Crippen LogP contribution in [0.15, 0.2) is 0 Å². The average molecular weight is 135 g/mol. The van der Waals surface area contributed by atoms with E-state index in [1.54, 1.807) is 0 Å². The Morgan fingerprint density at radius 2 is 2.20 bits per heavy atom. The number of carbonyl (C=O) groups is 1. The molecule has 0 fully saturated rings. The fraction of sp³-hybridized carbons (Fsp3) is 0.500. The number of carboxylic acid groups (broad SMARTS) is 1. The molecule has 0 aromatic carbocycles. The minimum absolute atomic E-state index is 0.410. The van der Waals surface area contributed by atoms with E-state index in [-0.39, 0.29) is 0 Å². The second kappa shape index (κ2) is 2.26. The van der Waals surface area contributed by atoms with Crippen molar-refractivity contribution in [2.24, 2.45) is 0 Å². The molecule has 0 heterocycles. The molecule has 0 aliphatic heterocycles. The Labute approximate surface area is 38.4 Å². The summed E-state index contributed by atoms with van der Waals surface area (Å²) in [6.07, 6.45) is 0. The normalized spacial score (nSPS) is 8.00. The summed E-state index contributed by atoms with van der Waals surface area (Å²) in [5.74, 6) is -0.662. The van der Waals surface area contributed by atoms with Gasteiger partial charge in [0.05, 0.1) is 0 Å². The standard InChI is InChI=1S/C2H6GeO2/c3-1-2(4)5/h1H2,3H3,(H,4,5). The summed E-state index contributed by atoms with van der Waals surface area (Å²) < 4.78 is 0. The predicted octanol–water partition coefficient (Wildman–Crippen LogP) is -1.15. The molecule has 0 aliphatic carbocycles. The van der Waals surface area contributed by atoms with Crippen molar-refractivity contribution in [3.05, 3.63) is 0 Å². The number of hydrogen-bond donors (Lipinski definition) is 1. The summed E-state index contributed by atoms with van der Waals surface area (Å²) in [5.41, 5.74) is 0. The summed E-state index contributed by atoms with van der Waals surface area (Å²) in [7, 11) is 0. The van der Waals surface area contributed by atoms with Gasteiger partial charge in [-0.25, -0.2) is 0 Å². The Morgan fingerprint density at radius 1 is 2.00 bits per heavy atom. The molecule has 0 atom stereocenters. The first kappa shape index (κ1) is 5.01. The average Bonchev–Trinajstić information content (AvgIpc) is 1.38. The molecule has 0 radical (unpaired) electrons. The Hall–Kier alpha value is 0.0129. The van der Waals surface area contributed by atoms with Gasteiger partial charge in [-0.2, -0.15) is 0 Å². The van der Waals surface area contributed by atoms with E-state index < -0.39 is 5.97 Å². The van der Waals surface area contributed by atoms with E-state index in [2.05, 4.69) is 0 Å². The van der Waals surface area contributed by atoms with E-state index in [4.69, 9.17) is 5.11 Å². The third kappa shape index (κ3) is 4.01. The third-order valence-corrected chi connectivity index (χ3v) is 1.57. The molecule has 0 aromatic heterocycles. The molecule has 0 spiro atoms. The predicted molar refractivity (Wildman–Crippen MR) is 22.4 cm³/mol. The quantitative estimate of drug-likeness (QED) is 0.461. The topological polar surface area (TPSA) is 37.3 Å². The summed E-state index contributed by atoms with van der Waals surface area (Å²) in [5, 5.41) is 8.18. The maximum absolute atomic E-state index is 9.41. The maximum atomic E-state index is 9.41. The van der Waals surface area contributed by atoms with Crippen LogP contribution in [0.3, 0.4) is 0 Å². The molecule has 0 amide bonds. The van der Waals surface area contributed by atoms with Gasteiger partial charge < -0.3 is 0 Å². The van der Waals surface area contributed by atoms with Crippen molar-refractivity contribution in [1.29, 1.82) is 0 Å². The van der Waals surface area contributed by atoms with Gasteiger partial charge in [-0.05, 0) is 0 Å². The number of aliphatic carboxylic acids is 1. The zero-order valence-electron chi connectivity index (χ0n) is 3.06. The molecule has 0 rings (SSSR count). The van der Waals surface area contributed by atoms with Gasteiger partial charge in [0.2, 0.25) is 0 Å². The molecule has 0 aromatic rings. The Balaban J connectivity index is 2.85. The van der Waals surface area contributed by atoms with Crippen LogP contribution in [0, 0.1) is 0 Å². The van der Waals surface area contributed by atoms with Gasteiger partial charge in [0.15, 0.2) is 0 Å². The van der Waals surface area contributed by atoms with Crippen molar-refractivity contribution in [2.75, 3.05) is 0 Å². The van der Waals surface area contributed by atoms with E-state index in [1.807, 2.05) is 0 Å². The van der Waals surface area contributed by atoms with E-state index >= 15 is 0 Å². The summed E-state index contributed by atoms with van der Waals surface area (Å²) >= 11 is 0.485. The van der Waals surface area contributed by atoms with Gasteiger partial charge in [0.1, 0.15) is 0 Å².